The molecule has 2 aromatic carbocycles. The lowest BCUT2D eigenvalue weighted by molar-refractivity contribution is 0.0940. The lowest BCUT2D eigenvalue weighted by atomic mass is 9.89. The molecule has 0 saturated carbocycles. The Kier molecular flexibility index (Phi) is 5.32. The zero-order valence-corrected chi connectivity index (χ0v) is 15.9. The second kappa shape index (κ2) is 7.50. The van der Waals surface area contributed by atoms with Crippen LogP contribution in [0.5, 0.6) is 0 Å². The number of carbonyl (C=O) groups excluding carboxylic acids is 1. The first kappa shape index (κ1) is 18.5. The molecular formula is C20H24N2O3S. The van der Waals surface area contributed by atoms with Gasteiger partial charge in [-0.3, -0.25) is 9.52 Å². The highest BCUT2D eigenvalue weighted by Crippen LogP contribution is 2.25. The first-order valence-electron chi connectivity index (χ1n) is 8.82. The van der Waals surface area contributed by atoms with Crippen molar-refractivity contribution >= 4 is 21.6 Å². The summed E-state index contributed by atoms with van der Waals surface area (Å²) in [7, 11) is -3.32. The summed E-state index contributed by atoms with van der Waals surface area (Å²) in [5.74, 6) is -0.180. The van der Waals surface area contributed by atoms with Crippen molar-refractivity contribution in [2.24, 2.45) is 0 Å². The minimum Gasteiger partial charge on any atom is -0.346 e. The average molecular weight is 372 g/mol. The molecule has 0 unspecified atom stereocenters. The van der Waals surface area contributed by atoms with Crippen molar-refractivity contribution in [1.82, 2.24) is 5.32 Å². The van der Waals surface area contributed by atoms with Gasteiger partial charge in [-0.1, -0.05) is 18.2 Å². The third-order valence-corrected chi connectivity index (χ3v) is 5.28. The highest BCUT2D eigenvalue weighted by atomic mass is 32.2. The van der Waals surface area contributed by atoms with E-state index in [1.54, 1.807) is 24.3 Å². The molecule has 0 saturated heterocycles. The number of carbonyl (C=O) groups is 1. The molecule has 6 heteroatoms. The number of benzene rings is 2. The summed E-state index contributed by atoms with van der Waals surface area (Å²) in [4.78, 5) is 12.5. The Morgan fingerprint density at radius 1 is 1.00 bits per heavy atom. The quantitative estimate of drug-likeness (QED) is 0.844. The van der Waals surface area contributed by atoms with Crippen LogP contribution in [0.25, 0.3) is 0 Å². The zero-order valence-electron chi connectivity index (χ0n) is 15.1. The van der Waals surface area contributed by atoms with E-state index in [0.29, 0.717) is 11.3 Å². The SMILES string of the molecule is C[C@@H](NC(=O)c1ccc(NS(C)(=O)=O)cc1)c1ccc2c(c1)CCCC2. The van der Waals surface area contributed by atoms with E-state index in [4.69, 9.17) is 0 Å². The molecule has 0 aliphatic heterocycles. The molecule has 0 heterocycles. The normalized spacial score (nSPS) is 15.0. The van der Waals surface area contributed by atoms with Crippen LogP contribution in [0, 0.1) is 0 Å². The topological polar surface area (TPSA) is 75.3 Å². The fourth-order valence-electron chi connectivity index (χ4n) is 3.29. The van der Waals surface area contributed by atoms with Crippen LogP contribution in [0.3, 0.4) is 0 Å². The number of rotatable bonds is 5. The number of sulfonamides is 1. The smallest absolute Gasteiger partial charge is 0.251 e. The maximum atomic E-state index is 12.5. The second-order valence-electron chi connectivity index (χ2n) is 6.88. The largest absolute Gasteiger partial charge is 0.346 e. The number of fused-ring (bicyclic) bond motifs is 1. The highest BCUT2D eigenvalue weighted by molar-refractivity contribution is 7.92. The molecule has 2 aromatic rings. The fourth-order valence-corrected chi connectivity index (χ4v) is 3.85. The van der Waals surface area contributed by atoms with Crippen molar-refractivity contribution in [3.8, 4) is 0 Å². The maximum absolute atomic E-state index is 12.5. The Morgan fingerprint density at radius 3 is 2.31 bits per heavy atom. The zero-order chi connectivity index (χ0) is 18.7. The van der Waals surface area contributed by atoms with Gasteiger partial charge in [0.15, 0.2) is 0 Å². The van der Waals surface area contributed by atoms with Gasteiger partial charge >= 0.3 is 0 Å². The molecule has 138 valence electrons. The lowest BCUT2D eigenvalue weighted by Gasteiger charge is -2.20. The third kappa shape index (κ3) is 4.64. The third-order valence-electron chi connectivity index (χ3n) is 4.67. The minimum atomic E-state index is -3.32. The Hall–Kier alpha value is -2.34. The predicted molar refractivity (Wildman–Crippen MR) is 104 cm³/mol. The van der Waals surface area contributed by atoms with Crippen molar-refractivity contribution in [3.05, 3.63) is 64.7 Å². The number of nitrogens with one attached hydrogen (secondary N) is 2. The van der Waals surface area contributed by atoms with E-state index in [1.165, 1.54) is 24.0 Å². The molecule has 5 nitrogen and oxygen atoms in total. The van der Waals surface area contributed by atoms with E-state index in [-0.39, 0.29) is 11.9 Å². The molecule has 0 fully saturated rings. The summed E-state index contributed by atoms with van der Waals surface area (Å²) in [6, 6.07) is 12.8. The van der Waals surface area contributed by atoms with Crippen LogP contribution in [0.15, 0.2) is 42.5 Å². The molecule has 3 rings (SSSR count). The van der Waals surface area contributed by atoms with Gasteiger partial charge in [0.2, 0.25) is 10.0 Å². The predicted octanol–water partition coefficient (Wildman–Crippen LogP) is 3.43. The number of amides is 1. The lowest BCUT2D eigenvalue weighted by Crippen LogP contribution is -2.26. The van der Waals surface area contributed by atoms with E-state index < -0.39 is 10.0 Å². The molecule has 1 aliphatic rings. The number of hydrogen-bond acceptors (Lipinski definition) is 3. The molecule has 26 heavy (non-hydrogen) atoms. The molecule has 0 bridgehead atoms. The van der Waals surface area contributed by atoms with Crippen LogP contribution < -0.4 is 10.0 Å². The van der Waals surface area contributed by atoms with Gasteiger partial charge in [-0.25, -0.2) is 8.42 Å². The van der Waals surface area contributed by atoms with Gasteiger partial charge in [0.1, 0.15) is 0 Å². The second-order valence-corrected chi connectivity index (χ2v) is 8.63. The first-order chi connectivity index (χ1) is 12.3. The molecule has 0 aromatic heterocycles. The summed E-state index contributed by atoms with van der Waals surface area (Å²) in [6.45, 7) is 1.97. The first-order valence-corrected chi connectivity index (χ1v) is 10.7. The fraction of sp³-hybridized carbons (Fsp3) is 0.350. The van der Waals surface area contributed by atoms with Crippen molar-refractivity contribution < 1.29 is 13.2 Å². The average Bonchev–Trinajstić information content (AvgIpc) is 2.60. The molecule has 1 amide bonds. The van der Waals surface area contributed by atoms with Crippen molar-refractivity contribution in [2.75, 3.05) is 11.0 Å². The summed E-state index contributed by atoms with van der Waals surface area (Å²) in [6.07, 6.45) is 5.82. The van der Waals surface area contributed by atoms with E-state index in [0.717, 1.165) is 24.7 Å². The van der Waals surface area contributed by atoms with Crippen LogP contribution in [-0.4, -0.2) is 20.6 Å². The van der Waals surface area contributed by atoms with Gasteiger partial charge in [0.25, 0.3) is 5.91 Å². The summed E-state index contributed by atoms with van der Waals surface area (Å²) in [5.41, 5.74) is 4.86. The Bertz CT molecular complexity index is 905. The van der Waals surface area contributed by atoms with E-state index in [1.807, 2.05) is 6.92 Å². The van der Waals surface area contributed by atoms with Crippen LogP contribution in [0.1, 0.15) is 52.9 Å². The van der Waals surface area contributed by atoms with Crippen LogP contribution in [0.2, 0.25) is 0 Å². The summed E-state index contributed by atoms with van der Waals surface area (Å²) < 4.78 is 24.9. The molecule has 1 atom stereocenters. The Morgan fingerprint density at radius 2 is 1.65 bits per heavy atom. The molecule has 2 N–H and O–H groups in total. The summed E-state index contributed by atoms with van der Waals surface area (Å²) >= 11 is 0. The molecule has 1 aliphatic carbocycles. The van der Waals surface area contributed by atoms with Gasteiger partial charge in [-0.2, -0.15) is 0 Å². The summed E-state index contributed by atoms with van der Waals surface area (Å²) in [5, 5.41) is 3.01. The van der Waals surface area contributed by atoms with Crippen molar-refractivity contribution in [3.63, 3.8) is 0 Å². The van der Waals surface area contributed by atoms with Crippen LogP contribution >= 0.6 is 0 Å². The van der Waals surface area contributed by atoms with Crippen LogP contribution in [0.4, 0.5) is 5.69 Å². The van der Waals surface area contributed by atoms with Gasteiger partial charge in [0, 0.05) is 11.3 Å². The molecule has 0 spiro atoms. The number of aryl methyl sites for hydroxylation is 2. The molecular weight excluding hydrogens is 348 g/mol. The van der Waals surface area contributed by atoms with Gasteiger partial charge < -0.3 is 5.32 Å². The highest BCUT2D eigenvalue weighted by Gasteiger charge is 2.15. The van der Waals surface area contributed by atoms with E-state index >= 15 is 0 Å². The van der Waals surface area contributed by atoms with Gasteiger partial charge in [0.05, 0.1) is 12.3 Å². The van der Waals surface area contributed by atoms with E-state index in [2.05, 4.69) is 28.2 Å². The molecule has 0 radical (unpaired) electrons. The van der Waals surface area contributed by atoms with Crippen molar-refractivity contribution in [2.45, 2.75) is 38.6 Å². The van der Waals surface area contributed by atoms with E-state index in [9.17, 15) is 13.2 Å². The number of anilines is 1. The Balaban J connectivity index is 1.67. The maximum Gasteiger partial charge on any atom is 0.251 e. The number of hydrogen-bond donors (Lipinski definition) is 2. The monoisotopic (exact) mass is 372 g/mol. The standard InChI is InChI=1S/C20H24N2O3S/c1-14(17-8-7-15-5-3-4-6-18(15)13-17)21-20(23)16-9-11-19(12-10-16)22-26(2,24)25/h7-14,22H,3-6H2,1-2H3,(H,21,23)/t14-/m1/s1. The minimum absolute atomic E-state index is 0.0939. The van der Waals surface area contributed by atoms with Gasteiger partial charge in [-0.15, -0.1) is 0 Å². The van der Waals surface area contributed by atoms with Crippen molar-refractivity contribution in [1.29, 1.82) is 0 Å². The Labute approximate surface area is 154 Å². The van der Waals surface area contributed by atoms with Gasteiger partial charge in [-0.05, 0) is 73.6 Å². The van der Waals surface area contributed by atoms with Crippen LogP contribution in [-0.2, 0) is 22.9 Å².